The summed E-state index contributed by atoms with van der Waals surface area (Å²) < 4.78 is 5.13. The van der Waals surface area contributed by atoms with Crippen molar-refractivity contribution in [2.45, 2.75) is 13.0 Å². The predicted octanol–water partition coefficient (Wildman–Crippen LogP) is 3.24. The number of carboxylic acids is 1. The molecule has 0 bridgehead atoms. The number of carbonyl (C=O) groups is 1. The highest BCUT2D eigenvalue weighted by molar-refractivity contribution is 5.79. The summed E-state index contributed by atoms with van der Waals surface area (Å²) in [5.74, 6) is -0.236. The Kier molecular flexibility index (Phi) is 4.25. The molecule has 0 saturated carbocycles. The molecule has 1 unspecified atom stereocenters. The quantitative estimate of drug-likeness (QED) is 0.876. The van der Waals surface area contributed by atoms with E-state index in [0.29, 0.717) is 17.0 Å². The van der Waals surface area contributed by atoms with Gasteiger partial charge in [0.2, 0.25) is 0 Å². The largest absolute Gasteiger partial charge is 0.497 e. The van der Waals surface area contributed by atoms with Crippen molar-refractivity contribution in [1.82, 2.24) is 0 Å². The molecule has 0 aliphatic heterocycles. The third kappa shape index (κ3) is 3.29. The van der Waals surface area contributed by atoms with Crippen LogP contribution in [0, 0.1) is 6.92 Å². The van der Waals surface area contributed by atoms with E-state index in [1.165, 1.54) is 0 Å². The van der Waals surface area contributed by atoms with E-state index in [2.05, 4.69) is 5.32 Å². The Hall–Kier alpha value is -2.49. The molecule has 0 aliphatic carbocycles. The standard InChI is InChI=1S/C16H17NO3/c1-11-6-8-12(9-7-11)15(16(18)19)17-13-4-3-5-14(10-13)20-2/h3-10,15,17H,1-2H3,(H,18,19). The average Bonchev–Trinajstić information content (AvgIpc) is 2.46. The van der Waals surface area contributed by atoms with Gasteiger partial charge in [-0.05, 0) is 24.6 Å². The molecule has 2 aromatic carbocycles. The summed E-state index contributed by atoms with van der Waals surface area (Å²) in [6.07, 6.45) is 0. The van der Waals surface area contributed by atoms with Crippen LogP contribution in [0.15, 0.2) is 48.5 Å². The molecule has 0 amide bonds. The highest BCUT2D eigenvalue weighted by Gasteiger charge is 2.19. The summed E-state index contributed by atoms with van der Waals surface area (Å²) in [6.45, 7) is 1.97. The lowest BCUT2D eigenvalue weighted by Crippen LogP contribution is -2.20. The number of rotatable bonds is 5. The monoisotopic (exact) mass is 271 g/mol. The number of hydrogen-bond acceptors (Lipinski definition) is 3. The minimum atomic E-state index is -0.920. The first-order valence-electron chi connectivity index (χ1n) is 6.30. The molecule has 0 saturated heterocycles. The summed E-state index contributed by atoms with van der Waals surface area (Å²) in [4.78, 5) is 11.4. The van der Waals surface area contributed by atoms with E-state index in [-0.39, 0.29) is 0 Å². The van der Waals surface area contributed by atoms with Gasteiger partial charge in [-0.15, -0.1) is 0 Å². The van der Waals surface area contributed by atoms with E-state index in [1.54, 1.807) is 13.2 Å². The van der Waals surface area contributed by atoms with Crippen molar-refractivity contribution in [2.75, 3.05) is 12.4 Å². The normalized spacial score (nSPS) is 11.7. The first-order valence-corrected chi connectivity index (χ1v) is 6.30. The van der Waals surface area contributed by atoms with Crippen LogP contribution in [0.25, 0.3) is 0 Å². The van der Waals surface area contributed by atoms with Crippen molar-refractivity contribution in [2.24, 2.45) is 0 Å². The van der Waals surface area contributed by atoms with Crippen LogP contribution < -0.4 is 10.1 Å². The highest BCUT2D eigenvalue weighted by atomic mass is 16.5. The van der Waals surface area contributed by atoms with Crippen molar-refractivity contribution >= 4 is 11.7 Å². The van der Waals surface area contributed by atoms with Crippen molar-refractivity contribution in [1.29, 1.82) is 0 Å². The fourth-order valence-corrected chi connectivity index (χ4v) is 1.93. The SMILES string of the molecule is COc1cccc(NC(C(=O)O)c2ccc(C)cc2)c1. The number of anilines is 1. The fraction of sp³-hybridized carbons (Fsp3) is 0.188. The van der Waals surface area contributed by atoms with E-state index in [9.17, 15) is 9.90 Å². The Morgan fingerprint density at radius 1 is 1.20 bits per heavy atom. The number of methoxy groups -OCH3 is 1. The molecule has 4 heteroatoms. The van der Waals surface area contributed by atoms with E-state index in [4.69, 9.17) is 4.74 Å². The predicted molar refractivity (Wildman–Crippen MR) is 78.2 cm³/mol. The molecule has 0 radical (unpaired) electrons. The molecule has 0 aliphatic rings. The van der Waals surface area contributed by atoms with Gasteiger partial charge in [0, 0.05) is 11.8 Å². The zero-order valence-electron chi connectivity index (χ0n) is 11.5. The molecule has 20 heavy (non-hydrogen) atoms. The Morgan fingerprint density at radius 3 is 2.50 bits per heavy atom. The van der Waals surface area contributed by atoms with Gasteiger partial charge in [-0.25, -0.2) is 4.79 Å². The molecule has 0 heterocycles. The lowest BCUT2D eigenvalue weighted by molar-refractivity contribution is -0.138. The van der Waals surface area contributed by atoms with Crippen LogP contribution in [-0.2, 0) is 4.79 Å². The maximum atomic E-state index is 11.4. The summed E-state index contributed by atoms with van der Waals surface area (Å²) in [7, 11) is 1.58. The van der Waals surface area contributed by atoms with Crippen LogP contribution in [0.4, 0.5) is 5.69 Å². The maximum absolute atomic E-state index is 11.4. The summed E-state index contributed by atoms with van der Waals surface area (Å²) in [5.41, 5.74) is 2.52. The average molecular weight is 271 g/mol. The minimum absolute atomic E-state index is 0.683. The first-order chi connectivity index (χ1) is 9.60. The molecule has 0 aromatic heterocycles. The molecule has 2 rings (SSSR count). The zero-order valence-corrected chi connectivity index (χ0v) is 11.5. The Bertz CT molecular complexity index is 593. The van der Waals surface area contributed by atoms with E-state index < -0.39 is 12.0 Å². The van der Waals surface area contributed by atoms with Gasteiger partial charge < -0.3 is 15.2 Å². The van der Waals surface area contributed by atoms with Gasteiger partial charge >= 0.3 is 5.97 Å². The van der Waals surface area contributed by atoms with Crippen LogP contribution in [0.1, 0.15) is 17.2 Å². The molecular weight excluding hydrogens is 254 g/mol. The van der Waals surface area contributed by atoms with E-state index >= 15 is 0 Å². The van der Waals surface area contributed by atoms with Crippen molar-refractivity contribution in [3.05, 3.63) is 59.7 Å². The van der Waals surface area contributed by atoms with Gasteiger partial charge in [0.15, 0.2) is 6.04 Å². The number of ether oxygens (including phenoxy) is 1. The van der Waals surface area contributed by atoms with Crippen LogP contribution in [-0.4, -0.2) is 18.2 Å². The molecule has 1 atom stereocenters. The fourth-order valence-electron chi connectivity index (χ4n) is 1.93. The van der Waals surface area contributed by atoms with Gasteiger partial charge in [0.25, 0.3) is 0 Å². The topological polar surface area (TPSA) is 58.6 Å². The Morgan fingerprint density at radius 2 is 1.90 bits per heavy atom. The number of nitrogens with one attached hydrogen (secondary N) is 1. The zero-order chi connectivity index (χ0) is 14.5. The minimum Gasteiger partial charge on any atom is -0.497 e. The number of aliphatic carboxylic acids is 1. The first kappa shape index (κ1) is 13.9. The second kappa shape index (κ2) is 6.10. The number of aryl methyl sites for hydroxylation is 1. The van der Waals surface area contributed by atoms with Crippen LogP contribution in [0.2, 0.25) is 0 Å². The van der Waals surface area contributed by atoms with Crippen molar-refractivity contribution in [3.8, 4) is 5.75 Å². The second-order valence-corrected chi connectivity index (χ2v) is 4.56. The molecule has 0 fully saturated rings. The van der Waals surface area contributed by atoms with Crippen molar-refractivity contribution < 1.29 is 14.6 Å². The second-order valence-electron chi connectivity index (χ2n) is 4.56. The lowest BCUT2D eigenvalue weighted by atomic mass is 10.0. The van der Waals surface area contributed by atoms with Gasteiger partial charge in [-0.1, -0.05) is 35.9 Å². The molecule has 2 N–H and O–H groups in total. The number of carboxylic acid groups (broad SMARTS) is 1. The highest BCUT2D eigenvalue weighted by Crippen LogP contribution is 2.23. The van der Waals surface area contributed by atoms with Gasteiger partial charge in [-0.3, -0.25) is 0 Å². The van der Waals surface area contributed by atoms with Gasteiger partial charge in [-0.2, -0.15) is 0 Å². The molecular formula is C16H17NO3. The van der Waals surface area contributed by atoms with Crippen LogP contribution in [0.5, 0.6) is 5.75 Å². The van der Waals surface area contributed by atoms with E-state index in [1.807, 2.05) is 49.4 Å². The van der Waals surface area contributed by atoms with Gasteiger partial charge in [0.1, 0.15) is 5.75 Å². The third-order valence-corrected chi connectivity index (χ3v) is 3.04. The maximum Gasteiger partial charge on any atom is 0.330 e. The number of hydrogen-bond donors (Lipinski definition) is 2. The van der Waals surface area contributed by atoms with Gasteiger partial charge in [0.05, 0.1) is 7.11 Å². The smallest absolute Gasteiger partial charge is 0.330 e. The lowest BCUT2D eigenvalue weighted by Gasteiger charge is -2.17. The van der Waals surface area contributed by atoms with Crippen LogP contribution in [0.3, 0.4) is 0 Å². The Balaban J connectivity index is 2.25. The summed E-state index contributed by atoms with van der Waals surface area (Å²) in [5, 5.41) is 12.4. The van der Waals surface area contributed by atoms with Crippen molar-refractivity contribution in [3.63, 3.8) is 0 Å². The Labute approximate surface area is 118 Å². The molecule has 2 aromatic rings. The summed E-state index contributed by atoms with van der Waals surface area (Å²) >= 11 is 0. The van der Waals surface area contributed by atoms with Crippen LogP contribution >= 0.6 is 0 Å². The molecule has 104 valence electrons. The molecule has 4 nitrogen and oxygen atoms in total. The van der Waals surface area contributed by atoms with E-state index in [0.717, 1.165) is 5.56 Å². The number of benzene rings is 2. The third-order valence-electron chi connectivity index (χ3n) is 3.04. The summed E-state index contributed by atoms with van der Waals surface area (Å²) in [6, 6.07) is 13.9. The molecule has 0 spiro atoms.